The van der Waals surface area contributed by atoms with Gasteiger partial charge in [-0.25, -0.2) is 9.97 Å². The Morgan fingerprint density at radius 1 is 0.714 bits per heavy atom. The molecule has 1 heterocycles. The van der Waals surface area contributed by atoms with Crippen LogP contribution in [0.15, 0.2) is 60.7 Å². The van der Waals surface area contributed by atoms with Crippen molar-refractivity contribution in [3.05, 3.63) is 71.5 Å². The van der Waals surface area contributed by atoms with E-state index < -0.39 is 0 Å². The number of alkyl halides is 1. The van der Waals surface area contributed by atoms with Crippen LogP contribution in [0.1, 0.15) is 5.69 Å². The molecule has 3 aromatic rings. The van der Waals surface area contributed by atoms with Crippen molar-refractivity contribution < 1.29 is 0 Å². The molecular weight excluding hydrogens is 303 g/mol. The lowest BCUT2D eigenvalue weighted by atomic mass is 10.0. The van der Waals surface area contributed by atoms with Crippen LogP contribution in [-0.4, -0.2) is 9.97 Å². The molecule has 0 spiro atoms. The van der Waals surface area contributed by atoms with E-state index in [1.165, 1.54) is 0 Å². The molecule has 0 bridgehead atoms. The van der Waals surface area contributed by atoms with Crippen LogP contribution in [0.4, 0.5) is 0 Å². The Labute approximate surface area is 133 Å². The van der Waals surface area contributed by atoms with E-state index in [4.69, 9.17) is 23.2 Å². The van der Waals surface area contributed by atoms with Gasteiger partial charge in [-0.1, -0.05) is 72.3 Å². The van der Waals surface area contributed by atoms with Crippen molar-refractivity contribution in [3.8, 4) is 22.5 Å². The standard InChI is InChI=1S/C17H12Cl2N2/c18-11-14-17(19)21-16(13-9-5-2-6-10-13)15(20-14)12-7-3-1-4-8-12/h1-10H,11H2. The number of benzene rings is 2. The molecule has 2 aromatic carbocycles. The fourth-order valence-corrected chi connectivity index (χ4v) is 2.58. The number of rotatable bonds is 3. The summed E-state index contributed by atoms with van der Waals surface area (Å²) in [6.45, 7) is 0. The minimum absolute atomic E-state index is 0.237. The summed E-state index contributed by atoms with van der Waals surface area (Å²) in [5, 5.41) is 0.350. The van der Waals surface area contributed by atoms with E-state index >= 15 is 0 Å². The van der Waals surface area contributed by atoms with Gasteiger partial charge >= 0.3 is 0 Å². The van der Waals surface area contributed by atoms with Gasteiger partial charge in [-0.2, -0.15) is 0 Å². The smallest absolute Gasteiger partial charge is 0.152 e. The molecule has 0 aliphatic carbocycles. The molecule has 21 heavy (non-hydrogen) atoms. The second-order valence-electron chi connectivity index (χ2n) is 4.52. The highest BCUT2D eigenvalue weighted by molar-refractivity contribution is 6.31. The summed E-state index contributed by atoms with van der Waals surface area (Å²) in [5.74, 6) is 0.237. The highest BCUT2D eigenvalue weighted by Crippen LogP contribution is 2.31. The topological polar surface area (TPSA) is 25.8 Å². The van der Waals surface area contributed by atoms with Gasteiger partial charge in [-0.05, 0) is 0 Å². The van der Waals surface area contributed by atoms with Gasteiger partial charge in [-0.15, -0.1) is 11.6 Å². The number of hydrogen-bond donors (Lipinski definition) is 0. The van der Waals surface area contributed by atoms with Crippen molar-refractivity contribution in [2.24, 2.45) is 0 Å². The minimum Gasteiger partial charge on any atom is -0.246 e. The molecule has 0 saturated carbocycles. The Morgan fingerprint density at radius 3 is 1.67 bits per heavy atom. The number of aromatic nitrogens is 2. The van der Waals surface area contributed by atoms with E-state index in [0.717, 1.165) is 22.5 Å². The Morgan fingerprint density at radius 2 is 1.19 bits per heavy atom. The van der Waals surface area contributed by atoms with E-state index in [0.29, 0.717) is 10.8 Å². The maximum absolute atomic E-state index is 6.18. The molecule has 0 N–H and O–H groups in total. The van der Waals surface area contributed by atoms with Crippen molar-refractivity contribution in [1.29, 1.82) is 0 Å². The maximum atomic E-state index is 6.18. The van der Waals surface area contributed by atoms with E-state index in [1.54, 1.807) is 0 Å². The quantitative estimate of drug-likeness (QED) is 0.621. The molecule has 3 rings (SSSR count). The molecule has 0 unspecified atom stereocenters. The van der Waals surface area contributed by atoms with Crippen LogP contribution in [0.3, 0.4) is 0 Å². The molecule has 0 aliphatic heterocycles. The molecular formula is C17H12Cl2N2. The molecule has 1 aromatic heterocycles. The summed E-state index contributed by atoms with van der Waals surface area (Å²) < 4.78 is 0. The normalized spacial score (nSPS) is 10.6. The van der Waals surface area contributed by atoms with Crippen LogP contribution in [-0.2, 0) is 5.88 Å². The molecule has 0 atom stereocenters. The first-order chi connectivity index (χ1) is 10.3. The van der Waals surface area contributed by atoms with Crippen LogP contribution in [0.5, 0.6) is 0 Å². The van der Waals surface area contributed by atoms with Crippen molar-refractivity contribution in [2.45, 2.75) is 5.88 Å². The van der Waals surface area contributed by atoms with Gasteiger partial charge in [0.25, 0.3) is 0 Å². The fraction of sp³-hybridized carbons (Fsp3) is 0.0588. The van der Waals surface area contributed by atoms with Crippen LogP contribution >= 0.6 is 23.2 Å². The Kier molecular flexibility index (Phi) is 4.18. The summed E-state index contributed by atoms with van der Waals surface area (Å²) in [4.78, 5) is 9.12. The van der Waals surface area contributed by atoms with Gasteiger partial charge in [0.1, 0.15) is 0 Å². The third-order valence-electron chi connectivity index (χ3n) is 3.14. The van der Waals surface area contributed by atoms with E-state index in [9.17, 15) is 0 Å². The summed E-state index contributed by atoms with van der Waals surface area (Å²) in [6.07, 6.45) is 0. The average Bonchev–Trinajstić information content (AvgIpc) is 2.56. The lowest BCUT2D eigenvalue weighted by Crippen LogP contribution is -1.99. The minimum atomic E-state index is 0.237. The maximum Gasteiger partial charge on any atom is 0.152 e. The lowest BCUT2D eigenvalue weighted by molar-refractivity contribution is 1.11. The zero-order chi connectivity index (χ0) is 14.7. The highest BCUT2D eigenvalue weighted by atomic mass is 35.5. The van der Waals surface area contributed by atoms with Crippen LogP contribution in [0.25, 0.3) is 22.5 Å². The van der Waals surface area contributed by atoms with Gasteiger partial charge in [0, 0.05) is 11.1 Å². The van der Waals surface area contributed by atoms with E-state index in [2.05, 4.69) is 9.97 Å². The Hall–Kier alpha value is -1.90. The zero-order valence-electron chi connectivity index (χ0n) is 11.1. The lowest BCUT2D eigenvalue weighted by Gasteiger charge is -2.11. The predicted molar refractivity (Wildman–Crippen MR) is 87.5 cm³/mol. The third kappa shape index (κ3) is 2.92. The van der Waals surface area contributed by atoms with Crippen LogP contribution in [0, 0.1) is 0 Å². The van der Waals surface area contributed by atoms with E-state index in [-0.39, 0.29) is 5.88 Å². The summed E-state index contributed by atoms with van der Waals surface area (Å²) in [5.41, 5.74) is 4.12. The molecule has 0 amide bonds. The first-order valence-corrected chi connectivity index (χ1v) is 7.44. The number of hydrogen-bond acceptors (Lipinski definition) is 2. The number of halogens is 2. The summed E-state index contributed by atoms with van der Waals surface area (Å²) in [6, 6.07) is 19.8. The molecule has 104 valence electrons. The monoisotopic (exact) mass is 314 g/mol. The second-order valence-corrected chi connectivity index (χ2v) is 5.15. The molecule has 0 radical (unpaired) electrons. The first kappa shape index (κ1) is 14.1. The van der Waals surface area contributed by atoms with Gasteiger partial charge in [0.2, 0.25) is 0 Å². The SMILES string of the molecule is ClCc1nc(-c2ccccc2)c(-c2ccccc2)nc1Cl. The van der Waals surface area contributed by atoms with Crippen LogP contribution < -0.4 is 0 Å². The molecule has 0 fully saturated rings. The van der Waals surface area contributed by atoms with Crippen LogP contribution in [0.2, 0.25) is 5.15 Å². The number of nitrogens with zero attached hydrogens (tertiary/aromatic N) is 2. The summed E-state index contributed by atoms with van der Waals surface area (Å²) in [7, 11) is 0. The fourth-order valence-electron chi connectivity index (χ4n) is 2.13. The highest BCUT2D eigenvalue weighted by Gasteiger charge is 2.14. The average molecular weight is 315 g/mol. The van der Waals surface area contributed by atoms with Gasteiger partial charge < -0.3 is 0 Å². The Bertz CT molecular complexity index is 743. The van der Waals surface area contributed by atoms with Crippen molar-refractivity contribution in [3.63, 3.8) is 0 Å². The van der Waals surface area contributed by atoms with Crippen molar-refractivity contribution in [1.82, 2.24) is 9.97 Å². The largest absolute Gasteiger partial charge is 0.246 e. The predicted octanol–water partition coefficient (Wildman–Crippen LogP) is 5.20. The second kappa shape index (κ2) is 6.25. The van der Waals surface area contributed by atoms with Gasteiger partial charge in [0.15, 0.2) is 5.15 Å². The Balaban J connectivity index is 2.26. The van der Waals surface area contributed by atoms with Gasteiger partial charge in [-0.3, -0.25) is 0 Å². The molecule has 0 aliphatic rings. The van der Waals surface area contributed by atoms with Gasteiger partial charge in [0.05, 0.1) is 23.0 Å². The zero-order valence-corrected chi connectivity index (χ0v) is 12.6. The van der Waals surface area contributed by atoms with E-state index in [1.807, 2.05) is 60.7 Å². The molecule has 2 nitrogen and oxygen atoms in total. The first-order valence-electron chi connectivity index (χ1n) is 6.53. The molecule has 0 saturated heterocycles. The van der Waals surface area contributed by atoms with Crippen molar-refractivity contribution >= 4 is 23.2 Å². The summed E-state index contributed by atoms with van der Waals surface area (Å²) >= 11 is 12.1. The third-order valence-corrected chi connectivity index (χ3v) is 3.70. The van der Waals surface area contributed by atoms with Crippen molar-refractivity contribution in [2.75, 3.05) is 0 Å². The molecule has 4 heteroatoms.